The fourth-order valence-electron chi connectivity index (χ4n) is 2.55. The molecule has 1 aromatic carbocycles. The van der Waals surface area contributed by atoms with E-state index in [1.807, 2.05) is 0 Å². The Morgan fingerprint density at radius 1 is 1.44 bits per heavy atom. The molecule has 0 atom stereocenters. The molecule has 0 bridgehead atoms. The molecule has 2 heterocycles. The number of rotatable bonds is 3. The number of halogens is 2. The van der Waals surface area contributed by atoms with Crippen LogP contribution in [-0.2, 0) is 4.79 Å². The van der Waals surface area contributed by atoms with Crippen LogP contribution in [0.5, 0.6) is 11.5 Å². The second-order valence-corrected chi connectivity index (χ2v) is 7.92. The molecule has 0 unspecified atom stereocenters. The van der Waals surface area contributed by atoms with Gasteiger partial charge in [0.15, 0.2) is 11.6 Å². The van der Waals surface area contributed by atoms with E-state index in [-0.39, 0.29) is 34.5 Å². The number of benzene rings is 1. The van der Waals surface area contributed by atoms with Gasteiger partial charge in [-0.1, -0.05) is 17.7 Å². The van der Waals surface area contributed by atoms with Gasteiger partial charge in [-0.3, -0.25) is 13.9 Å². The third kappa shape index (κ3) is 3.15. The van der Waals surface area contributed by atoms with Crippen molar-refractivity contribution < 1.29 is 32.6 Å². The first-order chi connectivity index (χ1) is 11.7. The Morgan fingerprint density at radius 2 is 2.16 bits per heavy atom. The highest BCUT2D eigenvalue weighted by Crippen LogP contribution is 2.58. The number of anilines is 1. The molecule has 0 radical (unpaired) electrons. The van der Waals surface area contributed by atoms with Crippen molar-refractivity contribution in [3.05, 3.63) is 29.0 Å². The third-order valence-electron chi connectivity index (χ3n) is 3.62. The SMILES string of the molecule is CC(=O)Oc1c(N2CCCS2(O)O)oc(-c2cccc(Cl)c2F)c1O. The second-order valence-electron chi connectivity index (χ2n) is 5.40. The average Bonchev–Trinajstić information content (AvgIpc) is 3.02. The maximum absolute atomic E-state index is 14.3. The van der Waals surface area contributed by atoms with Crippen LogP contribution >= 0.6 is 22.4 Å². The number of ether oxygens (including phenoxy) is 1. The molecule has 7 nitrogen and oxygen atoms in total. The minimum atomic E-state index is -3.18. The topological polar surface area (TPSA) is 103 Å². The number of hydrogen-bond acceptors (Lipinski definition) is 7. The maximum atomic E-state index is 14.3. The van der Waals surface area contributed by atoms with E-state index in [1.54, 1.807) is 0 Å². The number of hydrogen-bond donors (Lipinski definition) is 3. The predicted octanol–water partition coefficient (Wildman–Crippen LogP) is 4.25. The standard InChI is InChI=1S/C15H15ClFNO6S/c1-8(19)23-14-12(20)13(9-4-2-5-10(16)11(9)17)24-15(14)18-6-3-7-25(18,21)22/h2,4-5,20-22H,3,6-7H2,1H3. The minimum absolute atomic E-state index is 0.106. The molecule has 2 aromatic rings. The lowest BCUT2D eigenvalue weighted by Gasteiger charge is -2.36. The Bertz CT molecular complexity index is 840. The molecule has 25 heavy (non-hydrogen) atoms. The molecule has 3 rings (SSSR count). The van der Waals surface area contributed by atoms with E-state index in [0.29, 0.717) is 6.42 Å². The van der Waals surface area contributed by atoms with Crippen molar-refractivity contribution in [2.45, 2.75) is 13.3 Å². The summed E-state index contributed by atoms with van der Waals surface area (Å²) in [6.45, 7) is 1.32. The van der Waals surface area contributed by atoms with Gasteiger partial charge in [-0.15, -0.1) is 10.8 Å². The van der Waals surface area contributed by atoms with Crippen molar-refractivity contribution in [1.82, 2.24) is 0 Å². The highest BCUT2D eigenvalue weighted by Gasteiger charge is 2.37. The van der Waals surface area contributed by atoms with Gasteiger partial charge in [-0.25, -0.2) is 8.70 Å². The van der Waals surface area contributed by atoms with Crippen molar-refractivity contribution >= 4 is 34.2 Å². The first kappa shape index (κ1) is 17.9. The number of furan rings is 1. The molecule has 1 aromatic heterocycles. The summed E-state index contributed by atoms with van der Waals surface area (Å²) in [5.74, 6) is -3.09. The normalized spacial score (nSPS) is 17.6. The van der Waals surface area contributed by atoms with Crippen LogP contribution < -0.4 is 9.04 Å². The molecular formula is C15H15ClFNO6S. The summed E-state index contributed by atoms with van der Waals surface area (Å²) < 4.78 is 46.1. The summed E-state index contributed by atoms with van der Waals surface area (Å²) in [5.41, 5.74) is -0.152. The Hall–Kier alpha value is -1.94. The van der Waals surface area contributed by atoms with E-state index in [9.17, 15) is 23.4 Å². The number of aromatic hydroxyl groups is 1. The second kappa shape index (κ2) is 6.41. The summed E-state index contributed by atoms with van der Waals surface area (Å²) in [7, 11) is -3.18. The summed E-state index contributed by atoms with van der Waals surface area (Å²) >= 11 is 5.75. The lowest BCUT2D eigenvalue weighted by atomic mass is 10.1. The van der Waals surface area contributed by atoms with Gasteiger partial charge < -0.3 is 14.3 Å². The van der Waals surface area contributed by atoms with Crippen molar-refractivity contribution in [1.29, 1.82) is 0 Å². The molecule has 10 heteroatoms. The lowest BCUT2D eigenvalue weighted by molar-refractivity contribution is -0.132. The molecule has 1 saturated heterocycles. The molecule has 0 aliphatic carbocycles. The Kier molecular flexibility index (Phi) is 4.58. The van der Waals surface area contributed by atoms with Gasteiger partial charge in [0.1, 0.15) is 0 Å². The van der Waals surface area contributed by atoms with Crippen LogP contribution in [0, 0.1) is 5.82 Å². The zero-order chi connectivity index (χ0) is 18.4. The van der Waals surface area contributed by atoms with Crippen LogP contribution in [0.2, 0.25) is 5.02 Å². The first-order valence-corrected chi connectivity index (χ1v) is 9.29. The van der Waals surface area contributed by atoms with Gasteiger partial charge in [-0.2, -0.15) is 0 Å². The van der Waals surface area contributed by atoms with Crippen LogP contribution in [0.25, 0.3) is 11.3 Å². The lowest BCUT2D eigenvalue weighted by Crippen LogP contribution is -2.22. The van der Waals surface area contributed by atoms with Crippen LogP contribution in [0.15, 0.2) is 22.6 Å². The van der Waals surface area contributed by atoms with Gasteiger partial charge in [0.2, 0.25) is 11.5 Å². The van der Waals surface area contributed by atoms with E-state index in [4.69, 9.17) is 20.8 Å². The van der Waals surface area contributed by atoms with Crippen molar-refractivity contribution in [2.75, 3.05) is 16.6 Å². The van der Waals surface area contributed by atoms with E-state index >= 15 is 0 Å². The van der Waals surface area contributed by atoms with Gasteiger partial charge in [0.05, 0.1) is 16.3 Å². The van der Waals surface area contributed by atoms with Gasteiger partial charge in [0.25, 0.3) is 5.88 Å². The summed E-state index contributed by atoms with van der Waals surface area (Å²) in [6, 6.07) is 4.10. The predicted molar refractivity (Wildman–Crippen MR) is 91.8 cm³/mol. The molecule has 1 aliphatic rings. The van der Waals surface area contributed by atoms with Crippen LogP contribution in [0.1, 0.15) is 13.3 Å². The molecule has 0 saturated carbocycles. The molecule has 136 valence electrons. The number of esters is 1. The molecule has 0 amide bonds. The zero-order valence-electron chi connectivity index (χ0n) is 13.0. The maximum Gasteiger partial charge on any atom is 0.308 e. The van der Waals surface area contributed by atoms with Gasteiger partial charge in [0, 0.05) is 13.5 Å². The molecule has 3 N–H and O–H groups in total. The summed E-state index contributed by atoms with van der Waals surface area (Å²) in [6.07, 6.45) is 0.462. The largest absolute Gasteiger partial charge is 0.502 e. The quantitative estimate of drug-likeness (QED) is 0.672. The fourth-order valence-corrected chi connectivity index (χ4v) is 4.27. The highest BCUT2D eigenvalue weighted by atomic mass is 35.5. The molecule has 1 aliphatic heterocycles. The molecular weight excluding hydrogens is 377 g/mol. The van der Waals surface area contributed by atoms with E-state index in [1.165, 1.54) is 18.2 Å². The molecule has 1 fully saturated rings. The van der Waals surface area contributed by atoms with Crippen molar-refractivity contribution in [3.63, 3.8) is 0 Å². The number of carbonyl (C=O) groups excluding carboxylic acids is 1. The fraction of sp³-hybridized carbons (Fsp3) is 0.267. The zero-order valence-corrected chi connectivity index (χ0v) is 14.6. The Morgan fingerprint density at radius 3 is 2.76 bits per heavy atom. The Labute approximate surface area is 149 Å². The van der Waals surface area contributed by atoms with Crippen molar-refractivity contribution in [2.24, 2.45) is 0 Å². The van der Waals surface area contributed by atoms with Crippen molar-refractivity contribution in [3.8, 4) is 22.8 Å². The number of carbonyl (C=O) groups is 1. The average molecular weight is 392 g/mol. The van der Waals surface area contributed by atoms with Gasteiger partial charge >= 0.3 is 5.97 Å². The van der Waals surface area contributed by atoms with Crippen LogP contribution in [0.3, 0.4) is 0 Å². The van der Waals surface area contributed by atoms with E-state index in [0.717, 1.165) is 11.2 Å². The molecule has 0 spiro atoms. The third-order valence-corrected chi connectivity index (χ3v) is 5.81. The van der Waals surface area contributed by atoms with Crippen LogP contribution in [0.4, 0.5) is 10.3 Å². The van der Waals surface area contributed by atoms with Crippen LogP contribution in [-0.4, -0.2) is 32.5 Å². The first-order valence-electron chi connectivity index (χ1n) is 7.24. The highest BCUT2D eigenvalue weighted by molar-refractivity contribution is 8.25. The smallest absolute Gasteiger partial charge is 0.308 e. The minimum Gasteiger partial charge on any atom is -0.502 e. The summed E-state index contributed by atoms with van der Waals surface area (Å²) in [4.78, 5) is 11.4. The number of nitrogens with zero attached hydrogens (tertiary/aromatic N) is 1. The Balaban J connectivity index is 2.19. The van der Waals surface area contributed by atoms with Gasteiger partial charge in [-0.05, 0) is 18.6 Å². The summed E-state index contributed by atoms with van der Waals surface area (Å²) in [5, 5.41) is 10.2. The van der Waals surface area contributed by atoms with E-state index < -0.39 is 34.1 Å². The van der Waals surface area contributed by atoms with E-state index in [2.05, 4.69) is 0 Å². The monoisotopic (exact) mass is 391 g/mol.